The zero-order valence-corrected chi connectivity index (χ0v) is 13.8. The molecule has 0 radical (unpaired) electrons. The van der Waals surface area contributed by atoms with Crippen molar-refractivity contribution >= 4 is 27.3 Å². The smallest absolute Gasteiger partial charge is 0.164 e. The lowest BCUT2D eigenvalue weighted by Gasteiger charge is -2.15. The molecule has 2 rings (SSSR count). The highest BCUT2D eigenvalue weighted by atomic mass is 79.9. The number of hydrogen-bond donors (Lipinski definition) is 1. The fourth-order valence-electron chi connectivity index (χ4n) is 1.92. The average Bonchev–Trinajstić information content (AvgIpc) is 2.84. The van der Waals surface area contributed by atoms with Crippen LogP contribution in [0.2, 0.25) is 0 Å². The summed E-state index contributed by atoms with van der Waals surface area (Å²) >= 11 is 5.12. The molecule has 2 aromatic rings. The van der Waals surface area contributed by atoms with Gasteiger partial charge in [0.15, 0.2) is 11.5 Å². The average molecular weight is 356 g/mol. The third-order valence-electron chi connectivity index (χ3n) is 2.75. The predicted molar refractivity (Wildman–Crippen MR) is 86.7 cm³/mol. The topological polar surface area (TPSA) is 44.5 Å². The Labute approximate surface area is 131 Å². The van der Waals surface area contributed by atoms with Crippen LogP contribution in [-0.2, 0) is 13.0 Å². The van der Waals surface area contributed by atoms with E-state index in [-0.39, 0.29) is 0 Å². The Morgan fingerprint density at radius 3 is 2.80 bits per heavy atom. The van der Waals surface area contributed by atoms with Crippen LogP contribution < -0.4 is 15.2 Å². The Balaban J connectivity index is 2.18. The van der Waals surface area contributed by atoms with Crippen molar-refractivity contribution in [2.75, 3.05) is 13.2 Å². The van der Waals surface area contributed by atoms with E-state index in [4.69, 9.17) is 15.2 Å². The van der Waals surface area contributed by atoms with E-state index in [1.54, 1.807) is 11.3 Å². The van der Waals surface area contributed by atoms with E-state index in [0.717, 1.165) is 28.0 Å². The van der Waals surface area contributed by atoms with Gasteiger partial charge in [0, 0.05) is 14.7 Å². The van der Waals surface area contributed by atoms with E-state index in [2.05, 4.69) is 22.0 Å². The van der Waals surface area contributed by atoms with Gasteiger partial charge >= 0.3 is 0 Å². The zero-order chi connectivity index (χ0) is 14.4. The summed E-state index contributed by atoms with van der Waals surface area (Å²) in [7, 11) is 0. The number of ether oxygens (including phenoxy) is 2. The molecule has 1 heterocycles. The van der Waals surface area contributed by atoms with Gasteiger partial charge in [0.05, 0.1) is 6.61 Å². The number of nitrogens with two attached hydrogens (primary N) is 1. The first-order valence-corrected chi connectivity index (χ1v) is 8.22. The summed E-state index contributed by atoms with van der Waals surface area (Å²) in [5.41, 5.74) is 6.76. The van der Waals surface area contributed by atoms with E-state index < -0.39 is 0 Å². The fourth-order valence-corrected chi connectivity index (χ4v) is 3.28. The SMILES string of the molecule is CCOc1cccc(CCN)c1OCc1cc(Br)cs1. The normalized spacial score (nSPS) is 10.6. The summed E-state index contributed by atoms with van der Waals surface area (Å²) in [4.78, 5) is 1.17. The molecule has 0 amide bonds. The summed E-state index contributed by atoms with van der Waals surface area (Å²) in [6, 6.07) is 8.01. The molecule has 3 nitrogen and oxygen atoms in total. The minimum absolute atomic E-state index is 0.540. The number of hydrogen-bond acceptors (Lipinski definition) is 4. The van der Waals surface area contributed by atoms with Gasteiger partial charge < -0.3 is 15.2 Å². The van der Waals surface area contributed by atoms with Gasteiger partial charge in [0.1, 0.15) is 6.61 Å². The van der Waals surface area contributed by atoms with Gasteiger partial charge in [-0.25, -0.2) is 0 Å². The third kappa shape index (κ3) is 3.98. The highest BCUT2D eigenvalue weighted by molar-refractivity contribution is 9.10. The Bertz CT molecular complexity index is 532. The molecule has 20 heavy (non-hydrogen) atoms. The van der Waals surface area contributed by atoms with Crippen LogP contribution in [0.25, 0.3) is 0 Å². The van der Waals surface area contributed by atoms with Crippen molar-refractivity contribution in [2.45, 2.75) is 20.0 Å². The molecule has 0 fully saturated rings. The second kappa shape index (κ2) is 7.67. The lowest BCUT2D eigenvalue weighted by molar-refractivity contribution is 0.269. The van der Waals surface area contributed by atoms with Gasteiger partial charge in [0.2, 0.25) is 0 Å². The monoisotopic (exact) mass is 355 g/mol. The van der Waals surface area contributed by atoms with E-state index >= 15 is 0 Å². The molecule has 5 heteroatoms. The van der Waals surface area contributed by atoms with Gasteiger partial charge in [-0.1, -0.05) is 12.1 Å². The van der Waals surface area contributed by atoms with Crippen molar-refractivity contribution in [1.29, 1.82) is 0 Å². The first kappa shape index (κ1) is 15.4. The molecular weight excluding hydrogens is 338 g/mol. The van der Waals surface area contributed by atoms with Gasteiger partial charge in [-0.3, -0.25) is 0 Å². The van der Waals surface area contributed by atoms with Gasteiger partial charge in [-0.2, -0.15) is 0 Å². The second-order valence-electron chi connectivity index (χ2n) is 4.24. The van der Waals surface area contributed by atoms with Crippen LogP contribution in [-0.4, -0.2) is 13.2 Å². The molecule has 0 aliphatic carbocycles. The van der Waals surface area contributed by atoms with Crippen molar-refractivity contribution in [3.05, 3.63) is 44.6 Å². The van der Waals surface area contributed by atoms with Crippen molar-refractivity contribution in [1.82, 2.24) is 0 Å². The lowest BCUT2D eigenvalue weighted by atomic mass is 10.1. The van der Waals surface area contributed by atoms with Gasteiger partial charge in [-0.15, -0.1) is 11.3 Å². The minimum atomic E-state index is 0.540. The molecule has 2 N–H and O–H groups in total. The maximum absolute atomic E-state index is 5.98. The van der Waals surface area contributed by atoms with Crippen molar-refractivity contribution in [3.8, 4) is 11.5 Å². The van der Waals surface area contributed by atoms with Crippen LogP contribution in [0.1, 0.15) is 17.4 Å². The molecule has 1 aromatic heterocycles. The van der Waals surface area contributed by atoms with Crippen LogP contribution >= 0.6 is 27.3 Å². The molecule has 0 saturated carbocycles. The summed E-state index contributed by atoms with van der Waals surface area (Å²) < 4.78 is 12.7. The first-order chi connectivity index (χ1) is 9.74. The molecule has 0 aliphatic rings. The molecule has 108 valence electrons. The second-order valence-corrected chi connectivity index (χ2v) is 6.15. The Kier molecular flexibility index (Phi) is 5.88. The van der Waals surface area contributed by atoms with E-state index in [1.165, 1.54) is 4.88 Å². The Hall–Kier alpha value is -1.04. The van der Waals surface area contributed by atoms with Crippen molar-refractivity contribution in [2.24, 2.45) is 5.73 Å². The molecule has 0 bridgehead atoms. The molecule has 0 saturated heterocycles. The minimum Gasteiger partial charge on any atom is -0.490 e. The number of rotatable bonds is 7. The molecule has 0 unspecified atom stereocenters. The highest BCUT2D eigenvalue weighted by Crippen LogP contribution is 2.33. The summed E-state index contributed by atoms with van der Waals surface area (Å²) in [5, 5.41) is 2.05. The van der Waals surface area contributed by atoms with Crippen LogP contribution in [0, 0.1) is 0 Å². The van der Waals surface area contributed by atoms with E-state index in [9.17, 15) is 0 Å². The molecule has 0 spiro atoms. The maximum atomic E-state index is 5.98. The van der Waals surface area contributed by atoms with Crippen molar-refractivity contribution in [3.63, 3.8) is 0 Å². The van der Waals surface area contributed by atoms with Crippen LogP contribution in [0.5, 0.6) is 11.5 Å². The van der Waals surface area contributed by atoms with Crippen LogP contribution in [0.15, 0.2) is 34.1 Å². The maximum Gasteiger partial charge on any atom is 0.164 e. The molecule has 1 aromatic carbocycles. The standard InChI is InChI=1S/C15H18BrNO2S/c1-2-18-14-5-3-4-11(6-7-17)15(14)19-9-13-8-12(16)10-20-13/h3-5,8,10H,2,6-7,9,17H2,1H3. The molecular formula is C15H18BrNO2S. The first-order valence-electron chi connectivity index (χ1n) is 6.55. The van der Waals surface area contributed by atoms with Crippen molar-refractivity contribution < 1.29 is 9.47 Å². The van der Waals surface area contributed by atoms with E-state index in [1.807, 2.05) is 30.5 Å². The number of thiophene rings is 1. The van der Waals surface area contributed by atoms with E-state index in [0.29, 0.717) is 19.8 Å². The largest absolute Gasteiger partial charge is 0.490 e. The van der Waals surface area contributed by atoms with Gasteiger partial charge in [-0.05, 0) is 53.5 Å². The van der Waals surface area contributed by atoms with Crippen LogP contribution in [0.4, 0.5) is 0 Å². The fraction of sp³-hybridized carbons (Fsp3) is 0.333. The number of halogens is 1. The Morgan fingerprint density at radius 1 is 1.30 bits per heavy atom. The predicted octanol–water partition coefficient (Wildman–Crippen LogP) is 3.99. The zero-order valence-electron chi connectivity index (χ0n) is 11.4. The quantitative estimate of drug-likeness (QED) is 0.816. The lowest BCUT2D eigenvalue weighted by Crippen LogP contribution is -2.07. The summed E-state index contributed by atoms with van der Waals surface area (Å²) in [6.07, 6.45) is 0.782. The number of benzene rings is 1. The highest BCUT2D eigenvalue weighted by Gasteiger charge is 2.11. The summed E-state index contributed by atoms with van der Waals surface area (Å²) in [5.74, 6) is 1.60. The van der Waals surface area contributed by atoms with Crippen LogP contribution in [0.3, 0.4) is 0 Å². The molecule has 0 atom stereocenters. The third-order valence-corrected chi connectivity index (χ3v) is 4.43. The molecule has 0 aliphatic heterocycles. The number of para-hydroxylation sites is 1. The van der Waals surface area contributed by atoms with Gasteiger partial charge in [0.25, 0.3) is 0 Å². The Morgan fingerprint density at radius 2 is 2.15 bits per heavy atom. The summed E-state index contributed by atoms with van der Waals surface area (Å²) in [6.45, 7) is 3.72.